The molecule has 0 unspecified atom stereocenters. The minimum atomic E-state index is -0.501. The number of ether oxygens (including phenoxy) is 1. The zero-order chi connectivity index (χ0) is 10.4. The Labute approximate surface area is 81.6 Å². The van der Waals surface area contributed by atoms with Gasteiger partial charge in [-0.3, -0.25) is 4.79 Å². The quantitative estimate of drug-likeness (QED) is 0.701. The van der Waals surface area contributed by atoms with E-state index in [2.05, 4.69) is 9.97 Å². The summed E-state index contributed by atoms with van der Waals surface area (Å²) in [4.78, 5) is 18.2. The van der Waals surface area contributed by atoms with Gasteiger partial charge in [-0.15, -0.1) is 0 Å². The normalized spacial score (nSPS) is 10.4. The first-order valence-corrected chi connectivity index (χ1v) is 4.14. The van der Waals surface area contributed by atoms with Crippen molar-refractivity contribution in [2.45, 2.75) is 6.92 Å². The molecule has 0 bridgehead atoms. The predicted molar refractivity (Wildman–Crippen MR) is 51.4 cm³/mol. The van der Waals surface area contributed by atoms with Crippen LogP contribution in [0.2, 0.25) is 0 Å². The Balaban J connectivity index is 2.68. The van der Waals surface area contributed by atoms with Crippen LogP contribution in [0.4, 0.5) is 0 Å². The molecule has 0 aromatic carbocycles. The van der Waals surface area contributed by atoms with Gasteiger partial charge in [-0.25, -0.2) is 9.97 Å². The molecule has 5 nitrogen and oxygen atoms in total. The zero-order valence-corrected chi connectivity index (χ0v) is 7.80. The lowest BCUT2D eigenvalue weighted by atomic mass is 10.3. The van der Waals surface area contributed by atoms with Crippen molar-refractivity contribution >= 4 is 12.0 Å². The van der Waals surface area contributed by atoms with Crippen LogP contribution in [0.1, 0.15) is 12.5 Å². The van der Waals surface area contributed by atoms with Crippen LogP contribution in [-0.4, -0.2) is 22.5 Å². The predicted octanol–water partition coefficient (Wildman–Crippen LogP) is 0.374. The van der Waals surface area contributed by atoms with E-state index in [1.165, 1.54) is 12.2 Å². The number of hydrogen-bond acceptors (Lipinski definition) is 4. The van der Waals surface area contributed by atoms with E-state index >= 15 is 0 Å². The molecule has 0 aliphatic carbocycles. The summed E-state index contributed by atoms with van der Waals surface area (Å²) in [5.41, 5.74) is 5.63. The first-order valence-electron chi connectivity index (χ1n) is 4.14. The summed E-state index contributed by atoms with van der Waals surface area (Å²) < 4.78 is 5.05. The molecule has 0 saturated heterocycles. The van der Waals surface area contributed by atoms with Crippen molar-refractivity contribution < 1.29 is 9.53 Å². The van der Waals surface area contributed by atoms with E-state index < -0.39 is 5.91 Å². The van der Waals surface area contributed by atoms with E-state index in [1.54, 1.807) is 12.4 Å². The van der Waals surface area contributed by atoms with Crippen molar-refractivity contribution in [1.82, 2.24) is 9.97 Å². The molecule has 74 valence electrons. The number of carbonyl (C=O) groups excluding carboxylic acids is 1. The van der Waals surface area contributed by atoms with Crippen molar-refractivity contribution in [2.24, 2.45) is 5.73 Å². The molecule has 0 spiro atoms. The number of carbonyl (C=O) groups is 1. The topological polar surface area (TPSA) is 78.1 Å². The first kappa shape index (κ1) is 10.2. The van der Waals surface area contributed by atoms with Gasteiger partial charge in [-0.2, -0.15) is 0 Å². The van der Waals surface area contributed by atoms with Gasteiger partial charge in [0.15, 0.2) is 0 Å². The third kappa shape index (κ3) is 3.22. The lowest BCUT2D eigenvalue weighted by Crippen LogP contribution is -2.05. The average Bonchev–Trinajstić information content (AvgIpc) is 2.17. The van der Waals surface area contributed by atoms with Crippen LogP contribution in [0.15, 0.2) is 18.5 Å². The second kappa shape index (κ2) is 4.96. The smallest absolute Gasteiger partial charge is 0.316 e. The van der Waals surface area contributed by atoms with Gasteiger partial charge >= 0.3 is 6.01 Å². The molecule has 1 rings (SSSR count). The Morgan fingerprint density at radius 3 is 2.71 bits per heavy atom. The standard InChI is InChI=1S/C9H11N3O2/c1-2-14-9-11-5-7(6-12-9)3-4-8(10)13/h3-6H,2H2,1H3,(H2,10,13). The molecule has 5 heteroatoms. The number of rotatable bonds is 4. The van der Waals surface area contributed by atoms with Crippen LogP contribution in [0.3, 0.4) is 0 Å². The van der Waals surface area contributed by atoms with Crippen molar-refractivity contribution in [3.63, 3.8) is 0 Å². The van der Waals surface area contributed by atoms with Crippen LogP contribution >= 0.6 is 0 Å². The highest BCUT2D eigenvalue weighted by Crippen LogP contribution is 2.03. The fraction of sp³-hybridized carbons (Fsp3) is 0.222. The molecule has 2 N–H and O–H groups in total. The minimum absolute atomic E-state index is 0.323. The highest BCUT2D eigenvalue weighted by molar-refractivity contribution is 5.90. The molecule has 0 atom stereocenters. The number of primary amides is 1. The van der Waals surface area contributed by atoms with E-state index in [4.69, 9.17) is 10.5 Å². The van der Waals surface area contributed by atoms with Crippen molar-refractivity contribution in [1.29, 1.82) is 0 Å². The summed E-state index contributed by atoms with van der Waals surface area (Å²) in [6.07, 6.45) is 5.89. The van der Waals surface area contributed by atoms with Gasteiger partial charge in [0, 0.05) is 24.0 Å². The van der Waals surface area contributed by atoms with Gasteiger partial charge in [-0.1, -0.05) is 0 Å². The van der Waals surface area contributed by atoms with E-state index in [9.17, 15) is 4.79 Å². The fourth-order valence-electron chi connectivity index (χ4n) is 0.794. The molecule has 1 amide bonds. The highest BCUT2D eigenvalue weighted by Gasteiger charge is 1.94. The number of nitrogens with zero attached hydrogens (tertiary/aromatic N) is 2. The largest absolute Gasteiger partial charge is 0.464 e. The summed E-state index contributed by atoms with van der Waals surface area (Å²) in [5.74, 6) is -0.501. The van der Waals surface area contributed by atoms with Crippen molar-refractivity contribution in [2.75, 3.05) is 6.61 Å². The van der Waals surface area contributed by atoms with Gasteiger partial charge in [0.2, 0.25) is 5.91 Å². The molecule has 14 heavy (non-hydrogen) atoms. The lowest BCUT2D eigenvalue weighted by molar-refractivity contribution is -0.113. The molecule has 1 heterocycles. The summed E-state index contributed by atoms with van der Waals surface area (Å²) in [6, 6.07) is 0.323. The lowest BCUT2D eigenvalue weighted by Gasteiger charge is -1.99. The van der Waals surface area contributed by atoms with Gasteiger partial charge in [0.1, 0.15) is 0 Å². The average molecular weight is 193 g/mol. The molecule has 0 fully saturated rings. The van der Waals surface area contributed by atoms with Crippen LogP contribution < -0.4 is 10.5 Å². The van der Waals surface area contributed by atoms with Gasteiger partial charge < -0.3 is 10.5 Å². The monoisotopic (exact) mass is 193 g/mol. The van der Waals surface area contributed by atoms with Gasteiger partial charge in [-0.05, 0) is 13.0 Å². The molecular weight excluding hydrogens is 182 g/mol. The molecule has 1 aromatic rings. The van der Waals surface area contributed by atoms with Gasteiger partial charge in [0.05, 0.1) is 6.61 Å². The Kier molecular flexibility index (Phi) is 3.60. The van der Waals surface area contributed by atoms with Crippen LogP contribution in [-0.2, 0) is 4.79 Å². The molecule has 0 radical (unpaired) electrons. The van der Waals surface area contributed by atoms with E-state index in [1.807, 2.05) is 6.92 Å². The van der Waals surface area contributed by atoms with Crippen molar-refractivity contribution in [3.8, 4) is 6.01 Å². The highest BCUT2D eigenvalue weighted by atomic mass is 16.5. The Morgan fingerprint density at radius 1 is 1.57 bits per heavy atom. The number of nitrogens with two attached hydrogens (primary N) is 1. The molecule has 0 aliphatic rings. The maximum Gasteiger partial charge on any atom is 0.316 e. The maximum atomic E-state index is 10.4. The van der Waals surface area contributed by atoms with E-state index in [-0.39, 0.29) is 0 Å². The number of hydrogen-bond donors (Lipinski definition) is 1. The first-order chi connectivity index (χ1) is 6.72. The van der Waals surface area contributed by atoms with Crippen LogP contribution in [0.25, 0.3) is 6.08 Å². The number of amides is 1. The SMILES string of the molecule is CCOc1ncc(C=CC(N)=O)cn1. The minimum Gasteiger partial charge on any atom is -0.464 e. The van der Waals surface area contributed by atoms with Crippen LogP contribution in [0, 0.1) is 0 Å². The molecular formula is C9H11N3O2. The van der Waals surface area contributed by atoms with E-state index in [0.717, 1.165) is 0 Å². The van der Waals surface area contributed by atoms with E-state index in [0.29, 0.717) is 18.2 Å². The Bertz CT molecular complexity index is 332. The maximum absolute atomic E-state index is 10.4. The van der Waals surface area contributed by atoms with Gasteiger partial charge in [0.25, 0.3) is 0 Å². The zero-order valence-electron chi connectivity index (χ0n) is 7.80. The number of aromatic nitrogens is 2. The summed E-state index contributed by atoms with van der Waals surface area (Å²) >= 11 is 0. The Morgan fingerprint density at radius 2 is 2.21 bits per heavy atom. The summed E-state index contributed by atoms with van der Waals surface area (Å²) in [5, 5.41) is 0. The fourth-order valence-corrected chi connectivity index (χ4v) is 0.794. The Hall–Kier alpha value is -1.91. The third-order valence-electron chi connectivity index (χ3n) is 1.36. The molecule has 0 aliphatic heterocycles. The van der Waals surface area contributed by atoms with Crippen LogP contribution in [0.5, 0.6) is 6.01 Å². The van der Waals surface area contributed by atoms with Crippen molar-refractivity contribution in [3.05, 3.63) is 24.0 Å². The summed E-state index contributed by atoms with van der Waals surface area (Å²) in [6.45, 7) is 2.38. The third-order valence-corrected chi connectivity index (χ3v) is 1.36. The second-order valence-electron chi connectivity index (χ2n) is 2.47. The molecule has 0 saturated carbocycles. The second-order valence-corrected chi connectivity index (χ2v) is 2.47. The molecule has 1 aromatic heterocycles. The summed E-state index contributed by atoms with van der Waals surface area (Å²) in [7, 11) is 0.